The molecule has 0 amide bonds. The van der Waals surface area contributed by atoms with Crippen molar-refractivity contribution in [3.05, 3.63) is 52.8 Å². The van der Waals surface area contributed by atoms with E-state index in [2.05, 4.69) is 73.1 Å². The van der Waals surface area contributed by atoms with Crippen LogP contribution in [0.3, 0.4) is 0 Å². The Kier molecular flexibility index (Phi) is 4.52. The van der Waals surface area contributed by atoms with Crippen LogP contribution in [0.4, 0.5) is 0 Å². The highest BCUT2D eigenvalue weighted by molar-refractivity contribution is 5.33. The smallest absolute Gasteiger partial charge is 0.0745 e. The van der Waals surface area contributed by atoms with Gasteiger partial charge >= 0.3 is 0 Å². The van der Waals surface area contributed by atoms with E-state index in [-0.39, 0.29) is 11.5 Å². The molecule has 0 aliphatic carbocycles. The Labute approximate surface area is 128 Å². The van der Waals surface area contributed by atoms with Crippen LogP contribution in [0.1, 0.15) is 56.3 Å². The van der Waals surface area contributed by atoms with Crippen molar-refractivity contribution >= 4 is 0 Å². The highest BCUT2D eigenvalue weighted by atomic mass is 15.3. The average molecular weight is 285 g/mol. The zero-order chi connectivity index (χ0) is 15.6. The highest BCUT2D eigenvalue weighted by Crippen LogP contribution is 2.27. The summed E-state index contributed by atoms with van der Waals surface area (Å²) < 4.78 is 2.08. The summed E-state index contributed by atoms with van der Waals surface area (Å²) in [7, 11) is 2.00. The van der Waals surface area contributed by atoms with E-state index >= 15 is 0 Å². The van der Waals surface area contributed by atoms with Crippen LogP contribution in [-0.4, -0.2) is 16.8 Å². The molecule has 0 aliphatic rings. The van der Waals surface area contributed by atoms with Crippen LogP contribution in [0.5, 0.6) is 0 Å². The van der Waals surface area contributed by atoms with Gasteiger partial charge in [0, 0.05) is 6.54 Å². The molecule has 0 fully saturated rings. The average Bonchev–Trinajstić information content (AvgIpc) is 2.80. The fourth-order valence-electron chi connectivity index (χ4n) is 2.71. The van der Waals surface area contributed by atoms with Crippen LogP contribution >= 0.6 is 0 Å². The lowest BCUT2D eigenvalue weighted by Crippen LogP contribution is -2.21. The number of nitrogens with one attached hydrogen (secondary N) is 1. The van der Waals surface area contributed by atoms with E-state index < -0.39 is 0 Å². The van der Waals surface area contributed by atoms with Crippen molar-refractivity contribution in [1.82, 2.24) is 15.1 Å². The third-order valence-electron chi connectivity index (χ3n) is 3.93. The van der Waals surface area contributed by atoms with Crippen LogP contribution < -0.4 is 5.32 Å². The molecule has 1 unspecified atom stereocenters. The highest BCUT2D eigenvalue weighted by Gasteiger charge is 2.19. The molecule has 0 bridgehead atoms. The Balaban J connectivity index is 2.37. The first-order valence-corrected chi connectivity index (χ1v) is 7.69. The fourth-order valence-corrected chi connectivity index (χ4v) is 2.71. The standard InChI is InChI=1S/C18H27N3/c1-7-21-16(12-13(2)20-21)17(19-6)14-8-10-15(11-9-14)18(3,4)5/h8-12,17,19H,7H2,1-6H3. The number of benzene rings is 1. The lowest BCUT2D eigenvalue weighted by molar-refractivity contribution is 0.559. The topological polar surface area (TPSA) is 29.9 Å². The summed E-state index contributed by atoms with van der Waals surface area (Å²) in [5.74, 6) is 0. The minimum Gasteiger partial charge on any atom is -0.308 e. The third-order valence-corrected chi connectivity index (χ3v) is 3.93. The Morgan fingerprint density at radius 2 is 1.81 bits per heavy atom. The predicted molar refractivity (Wildman–Crippen MR) is 88.7 cm³/mol. The van der Waals surface area contributed by atoms with Gasteiger partial charge in [-0.25, -0.2) is 0 Å². The SMILES string of the molecule is CCn1nc(C)cc1C(NC)c1ccc(C(C)(C)C)cc1. The van der Waals surface area contributed by atoms with Crippen LogP contribution in [0.2, 0.25) is 0 Å². The maximum Gasteiger partial charge on any atom is 0.0745 e. The van der Waals surface area contributed by atoms with Gasteiger partial charge in [-0.05, 0) is 43.5 Å². The number of rotatable bonds is 4. The molecule has 3 heteroatoms. The van der Waals surface area contributed by atoms with Crippen molar-refractivity contribution in [3.8, 4) is 0 Å². The predicted octanol–water partition coefficient (Wildman–Crippen LogP) is 3.82. The minimum absolute atomic E-state index is 0.181. The number of aromatic nitrogens is 2. The van der Waals surface area contributed by atoms with Crippen molar-refractivity contribution in [2.75, 3.05) is 7.05 Å². The molecule has 1 N–H and O–H groups in total. The molecule has 0 radical (unpaired) electrons. The maximum atomic E-state index is 4.56. The van der Waals surface area contributed by atoms with Crippen LogP contribution in [-0.2, 0) is 12.0 Å². The summed E-state index contributed by atoms with van der Waals surface area (Å²) in [5.41, 5.74) is 5.12. The summed E-state index contributed by atoms with van der Waals surface area (Å²) in [5, 5.41) is 7.98. The number of hydrogen-bond acceptors (Lipinski definition) is 2. The molecular formula is C18H27N3. The van der Waals surface area contributed by atoms with E-state index in [1.807, 2.05) is 14.0 Å². The van der Waals surface area contributed by atoms with Crippen molar-refractivity contribution in [1.29, 1.82) is 0 Å². The van der Waals surface area contributed by atoms with Gasteiger partial charge in [-0.15, -0.1) is 0 Å². The Morgan fingerprint density at radius 1 is 1.19 bits per heavy atom. The quantitative estimate of drug-likeness (QED) is 0.925. The molecule has 0 aliphatic heterocycles. The largest absolute Gasteiger partial charge is 0.308 e. The van der Waals surface area contributed by atoms with Gasteiger partial charge in [-0.3, -0.25) is 4.68 Å². The van der Waals surface area contributed by atoms with E-state index in [4.69, 9.17) is 0 Å². The Hall–Kier alpha value is -1.61. The summed E-state index contributed by atoms with van der Waals surface area (Å²) >= 11 is 0. The van der Waals surface area contributed by atoms with Gasteiger partial charge in [0.15, 0.2) is 0 Å². The zero-order valence-corrected chi connectivity index (χ0v) is 14.1. The van der Waals surface area contributed by atoms with Gasteiger partial charge in [-0.1, -0.05) is 45.0 Å². The summed E-state index contributed by atoms with van der Waals surface area (Å²) in [6, 6.07) is 11.3. The molecule has 1 aromatic carbocycles. The summed E-state index contributed by atoms with van der Waals surface area (Å²) in [4.78, 5) is 0. The van der Waals surface area contributed by atoms with Crippen LogP contribution in [0.25, 0.3) is 0 Å². The van der Waals surface area contributed by atoms with Gasteiger partial charge < -0.3 is 5.32 Å². The molecular weight excluding hydrogens is 258 g/mol. The third kappa shape index (κ3) is 3.35. The molecule has 3 nitrogen and oxygen atoms in total. The molecule has 2 rings (SSSR count). The molecule has 0 spiro atoms. The lowest BCUT2D eigenvalue weighted by atomic mass is 9.86. The van der Waals surface area contributed by atoms with Crippen LogP contribution in [0.15, 0.2) is 30.3 Å². The maximum absolute atomic E-state index is 4.56. The molecule has 114 valence electrons. The monoisotopic (exact) mass is 285 g/mol. The van der Waals surface area contributed by atoms with E-state index in [9.17, 15) is 0 Å². The first kappa shape index (κ1) is 15.8. The van der Waals surface area contributed by atoms with Gasteiger partial charge in [0.05, 0.1) is 17.4 Å². The summed E-state index contributed by atoms with van der Waals surface area (Å²) in [6.07, 6.45) is 0. The second-order valence-electron chi connectivity index (χ2n) is 6.62. The van der Waals surface area contributed by atoms with Gasteiger partial charge in [0.25, 0.3) is 0 Å². The van der Waals surface area contributed by atoms with Crippen LogP contribution in [0, 0.1) is 6.92 Å². The zero-order valence-electron chi connectivity index (χ0n) is 14.1. The molecule has 1 atom stereocenters. The first-order valence-electron chi connectivity index (χ1n) is 7.69. The lowest BCUT2D eigenvalue weighted by Gasteiger charge is -2.22. The fraction of sp³-hybridized carbons (Fsp3) is 0.500. The number of hydrogen-bond donors (Lipinski definition) is 1. The van der Waals surface area contributed by atoms with Gasteiger partial charge in [0.2, 0.25) is 0 Å². The Bertz CT molecular complexity index is 588. The normalized spacial score (nSPS) is 13.4. The molecule has 1 heterocycles. The first-order chi connectivity index (χ1) is 9.86. The van der Waals surface area contributed by atoms with Crippen molar-refractivity contribution in [2.24, 2.45) is 0 Å². The number of aryl methyl sites for hydroxylation is 2. The minimum atomic E-state index is 0.181. The Morgan fingerprint density at radius 3 is 2.29 bits per heavy atom. The molecule has 2 aromatic rings. The second kappa shape index (κ2) is 6.02. The van der Waals surface area contributed by atoms with E-state index in [1.165, 1.54) is 16.8 Å². The molecule has 0 saturated heterocycles. The van der Waals surface area contributed by atoms with E-state index in [1.54, 1.807) is 0 Å². The van der Waals surface area contributed by atoms with Gasteiger partial charge in [-0.2, -0.15) is 5.10 Å². The van der Waals surface area contributed by atoms with Crippen molar-refractivity contribution < 1.29 is 0 Å². The second-order valence-corrected chi connectivity index (χ2v) is 6.62. The molecule has 21 heavy (non-hydrogen) atoms. The van der Waals surface area contributed by atoms with E-state index in [0.29, 0.717) is 0 Å². The molecule has 0 saturated carbocycles. The van der Waals surface area contributed by atoms with Gasteiger partial charge in [0.1, 0.15) is 0 Å². The van der Waals surface area contributed by atoms with Crippen molar-refractivity contribution in [2.45, 2.75) is 52.6 Å². The van der Waals surface area contributed by atoms with Crippen molar-refractivity contribution in [3.63, 3.8) is 0 Å². The number of nitrogens with zero attached hydrogens (tertiary/aromatic N) is 2. The van der Waals surface area contributed by atoms with E-state index in [0.717, 1.165) is 12.2 Å². The molecule has 1 aromatic heterocycles. The summed E-state index contributed by atoms with van der Waals surface area (Å²) in [6.45, 7) is 11.8.